The van der Waals surface area contributed by atoms with Crippen molar-refractivity contribution in [2.24, 2.45) is 11.8 Å². The predicted octanol–water partition coefficient (Wildman–Crippen LogP) is 1.53. The molecular formula is C16H17N3O. The van der Waals surface area contributed by atoms with Crippen molar-refractivity contribution in [1.82, 2.24) is 15.2 Å². The van der Waals surface area contributed by atoms with E-state index in [0.717, 1.165) is 37.1 Å². The van der Waals surface area contributed by atoms with Crippen LogP contribution in [-0.2, 0) is 0 Å². The Bertz CT molecular complexity index is 658. The van der Waals surface area contributed by atoms with E-state index in [2.05, 4.69) is 10.3 Å². The number of aromatic nitrogens is 1. The third-order valence-corrected chi connectivity index (χ3v) is 4.49. The standard InChI is InChI=1S/C16H17N3O/c20-16(19-9-12-7-17-8-13(12)10-19)15-6-5-11-3-1-2-4-14(11)18-15/h1-6,12-13,17H,7-10H2/t12-,13+. The molecule has 2 saturated heterocycles. The zero-order chi connectivity index (χ0) is 13.5. The lowest BCUT2D eigenvalue weighted by Crippen LogP contribution is -2.32. The van der Waals surface area contributed by atoms with Gasteiger partial charge in [0.15, 0.2) is 0 Å². The molecule has 2 fully saturated rings. The summed E-state index contributed by atoms with van der Waals surface area (Å²) in [7, 11) is 0. The number of nitrogens with zero attached hydrogens (tertiary/aromatic N) is 2. The van der Waals surface area contributed by atoms with Gasteiger partial charge < -0.3 is 10.2 Å². The number of benzene rings is 1. The second kappa shape index (κ2) is 4.56. The molecule has 0 saturated carbocycles. The second-order valence-electron chi connectivity index (χ2n) is 5.78. The molecule has 4 heteroatoms. The first kappa shape index (κ1) is 11.9. The van der Waals surface area contributed by atoms with Crippen LogP contribution in [-0.4, -0.2) is 42.0 Å². The van der Waals surface area contributed by atoms with Crippen LogP contribution in [0, 0.1) is 11.8 Å². The first-order chi connectivity index (χ1) is 9.81. The summed E-state index contributed by atoms with van der Waals surface area (Å²) in [6, 6.07) is 11.7. The molecule has 3 heterocycles. The van der Waals surface area contributed by atoms with E-state index in [1.165, 1.54) is 0 Å². The maximum atomic E-state index is 12.6. The van der Waals surface area contributed by atoms with E-state index in [9.17, 15) is 4.79 Å². The van der Waals surface area contributed by atoms with E-state index in [1.807, 2.05) is 41.3 Å². The van der Waals surface area contributed by atoms with Crippen LogP contribution >= 0.6 is 0 Å². The van der Waals surface area contributed by atoms with Gasteiger partial charge in [0.1, 0.15) is 5.69 Å². The summed E-state index contributed by atoms with van der Waals surface area (Å²) in [4.78, 5) is 19.0. The summed E-state index contributed by atoms with van der Waals surface area (Å²) in [6.07, 6.45) is 0. The molecule has 2 aromatic rings. The van der Waals surface area contributed by atoms with Gasteiger partial charge in [0.05, 0.1) is 5.52 Å². The van der Waals surface area contributed by atoms with Crippen molar-refractivity contribution in [2.45, 2.75) is 0 Å². The van der Waals surface area contributed by atoms with Crippen LogP contribution in [0.15, 0.2) is 36.4 Å². The Kier molecular flexibility index (Phi) is 2.70. The van der Waals surface area contributed by atoms with Crippen molar-refractivity contribution in [2.75, 3.05) is 26.2 Å². The van der Waals surface area contributed by atoms with Crippen LogP contribution in [0.2, 0.25) is 0 Å². The fourth-order valence-corrected chi connectivity index (χ4v) is 3.37. The number of carbonyl (C=O) groups excluding carboxylic acids is 1. The molecule has 1 N–H and O–H groups in total. The minimum Gasteiger partial charge on any atom is -0.337 e. The van der Waals surface area contributed by atoms with Gasteiger partial charge in [-0.15, -0.1) is 0 Å². The number of para-hydroxylation sites is 1. The topological polar surface area (TPSA) is 45.2 Å². The smallest absolute Gasteiger partial charge is 0.272 e. The van der Waals surface area contributed by atoms with Crippen molar-refractivity contribution < 1.29 is 4.79 Å². The SMILES string of the molecule is O=C(c1ccc2ccccc2n1)N1C[C@H]2CNC[C@H]2C1. The summed E-state index contributed by atoms with van der Waals surface area (Å²) in [5.74, 6) is 1.32. The van der Waals surface area contributed by atoms with Crippen LogP contribution in [0.4, 0.5) is 0 Å². The van der Waals surface area contributed by atoms with Gasteiger partial charge in [-0.2, -0.15) is 0 Å². The number of carbonyl (C=O) groups is 1. The zero-order valence-corrected chi connectivity index (χ0v) is 11.2. The maximum absolute atomic E-state index is 12.6. The number of nitrogens with one attached hydrogen (secondary N) is 1. The molecule has 1 amide bonds. The molecule has 2 aliphatic rings. The average molecular weight is 267 g/mol. The normalized spacial score (nSPS) is 25.1. The monoisotopic (exact) mass is 267 g/mol. The molecule has 102 valence electrons. The van der Waals surface area contributed by atoms with Crippen LogP contribution in [0.5, 0.6) is 0 Å². The average Bonchev–Trinajstić information content (AvgIpc) is 3.07. The van der Waals surface area contributed by atoms with Crippen LogP contribution in [0.3, 0.4) is 0 Å². The quantitative estimate of drug-likeness (QED) is 0.852. The Morgan fingerprint density at radius 2 is 1.85 bits per heavy atom. The fraction of sp³-hybridized carbons (Fsp3) is 0.375. The van der Waals surface area contributed by atoms with Crippen LogP contribution < -0.4 is 5.32 Å². The fourth-order valence-electron chi connectivity index (χ4n) is 3.37. The third-order valence-electron chi connectivity index (χ3n) is 4.49. The van der Waals surface area contributed by atoms with Gasteiger partial charge >= 0.3 is 0 Å². The Morgan fingerprint density at radius 1 is 1.10 bits per heavy atom. The molecule has 2 atom stereocenters. The van der Waals surface area contributed by atoms with Gasteiger partial charge in [0.25, 0.3) is 5.91 Å². The summed E-state index contributed by atoms with van der Waals surface area (Å²) in [5, 5.41) is 4.47. The Balaban J connectivity index is 1.61. The first-order valence-corrected chi connectivity index (χ1v) is 7.17. The zero-order valence-electron chi connectivity index (χ0n) is 11.2. The summed E-state index contributed by atoms with van der Waals surface area (Å²) in [5.41, 5.74) is 1.45. The molecule has 0 radical (unpaired) electrons. The Morgan fingerprint density at radius 3 is 2.65 bits per heavy atom. The summed E-state index contributed by atoms with van der Waals surface area (Å²) < 4.78 is 0. The lowest BCUT2D eigenvalue weighted by atomic mass is 10.0. The van der Waals surface area contributed by atoms with Gasteiger partial charge in [-0.3, -0.25) is 4.79 Å². The predicted molar refractivity (Wildman–Crippen MR) is 77.5 cm³/mol. The molecule has 0 unspecified atom stereocenters. The van der Waals surface area contributed by atoms with Crippen molar-refractivity contribution in [3.8, 4) is 0 Å². The number of pyridine rings is 1. The molecule has 2 aliphatic heterocycles. The highest BCUT2D eigenvalue weighted by Crippen LogP contribution is 2.27. The highest BCUT2D eigenvalue weighted by Gasteiger charge is 2.38. The molecule has 4 rings (SSSR count). The molecule has 0 spiro atoms. The van der Waals surface area contributed by atoms with Gasteiger partial charge in [-0.1, -0.05) is 24.3 Å². The van der Waals surface area contributed by atoms with Crippen LogP contribution in [0.1, 0.15) is 10.5 Å². The van der Waals surface area contributed by atoms with E-state index in [4.69, 9.17) is 0 Å². The highest BCUT2D eigenvalue weighted by atomic mass is 16.2. The van der Waals surface area contributed by atoms with Gasteiger partial charge in [0, 0.05) is 31.6 Å². The minimum absolute atomic E-state index is 0.0742. The largest absolute Gasteiger partial charge is 0.337 e. The molecule has 1 aromatic carbocycles. The molecule has 1 aromatic heterocycles. The molecule has 20 heavy (non-hydrogen) atoms. The first-order valence-electron chi connectivity index (χ1n) is 7.17. The number of hydrogen-bond acceptors (Lipinski definition) is 3. The number of likely N-dealkylation sites (tertiary alicyclic amines) is 1. The molecule has 0 bridgehead atoms. The highest BCUT2D eigenvalue weighted by molar-refractivity contribution is 5.95. The number of hydrogen-bond donors (Lipinski definition) is 1. The van der Waals surface area contributed by atoms with E-state index in [1.54, 1.807) is 0 Å². The van der Waals surface area contributed by atoms with E-state index < -0.39 is 0 Å². The van der Waals surface area contributed by atoms with Gasteiger partial charge in [-0.25, -0.2) is 4.98 Å². The van der Waals surface area contributed by atoms with Crippen molar-refractivity contribution in [1.29, 1.82) is 0 Å². The third kappa shape index (κ3) is 1.88. The number of rotatable bonds is 1. The van der Waals surface area contributed by atoms with Crippen LogP contribution in [0.25, 0.3) is 10.9 Å². The molecule has 0 aliphatic carbocycles. The van der Waals surface area contributed by atoms with Crippen molar-refractivity contribution in [3.05, 3.63) is 42.1 Å². The van der Waals surface area contributed by atoms with E-state index in [-0.39, 0.29) is 5.91 Å². The second-order valence-corrected chi connectivity index (χ2v) is 5.78. The van der Waals surface area contributed by atoms with Crippen molar-refractivity contribution >= 4 is 16.8 Å². The maximum Gasteiger partial charge on any atom is 0.272 e. The Hall–Kier alpha value is -1.94. The summed E-state index contributed by atoms with van der Waals surface area (Å²) in [6.45, 7) is 3.81. The number of amides is 1. The minimum atomic E-state index is 0.0742. The number of fused-ring (bicyclic) bond motifs is 2. The molecular weight excluding hydrogens is 250 g/mol. The Labute approximate surface area is 117 Å². The van der Waals surface area contributed by atoms with Crippen molar-refractivity contribution in [3.63, 3.8) is 0 Å². The lowest BCUT2D eigenvalue weighted by molar-refractivity contribution is 0.0776. The molecule has 4 nitrogen and oxygen atoms in total. The van der Waals surface area contributed by atoms with Gasteiger partial charge in [-0.05, 0) is 24.0 Å². The summed E-state index contributed by atoms with van der Waals surface area (Å²) >= 11 is 0. The van der Waals surface area contributed by atoms with E-state index in [0.29, 0.717) is 17.5 Å². The van der Waals surface area contributed by atoms with E-state index >= 15 is 0 Å². The van der Waals surface area contributed by atoms with Gasteiger partial charge in [0.2, 0.25) is 0 Å². The lowest BCUT2D eigenvalue weighted by Gasteiger charge is -2.17.